The molecule has 0 saturated heterocycles. The van der Waals surface area contributed by atoms with Crippen LogP contribution in [0.1, 0.15) is 43.9 Å². The molecule has 2 N–H and O–H groups in total. The molecule has 2 aliphatic rings. The van der Waals surface area contributed by atoms with Gasteiger partial charge in [-0.25, -0.2) is 4.39 Å². The lowest BCUT2D eigenvalue weighted by Crippen LogP contribution is -2.35. The van der Waals surface area contributed by atoms with Crippen LogP contribution in [-0.4, -0.2) is 24.7 Å². The molecule has 2 unspecified atom stereocenters. The minimum atomic E-state index is -0.655. The van der Waals surface area contributed by atoms with E-state index in [1.54, 1.807) is 12.1 Å². The number of hydrogen-bond acceptors (Lipinski definition) is 4. The number of halogens is 1. The maximum absolute atomic E-state index is 13.4. The van der Waals surface area contributed by atoms with Gasteiger partial charge < -0.3 is 20.1 Å². The molecule has 5 nitrogen and oxygen atoms in total. The van der Waals surface area contributed by atoms with Gasteiger partial charge in [-0.05, 0) is 50.5 Å². The van der Waals surface area contributed by atoms with Gasteiger partial charge in [-0.15, -0.1) is 0 Å². The Morgan fingerprint density at radius 2 is 2.04 bits per heavy atom. The van der Waals surface area contributed by atoms with Gasteiger partial charge in [-0.1, -0.05) is 12.1 Å². The van der Waals surface area contributed by atoms with Crippen LogP contribution >= 0.6 is 0 Å². The molecular weight excluding hydrogens is 359 g/mol. The molecule has 1 aliphatic carbocycles. The maximum atomic E-state index is 13.4. The Kier molecular flexibility index (Phi) is 5.11. The van der Waals surface area contributed by atoms with Crippen molar-refractivity contribution in [1.29, 1.82) is 0 Å². The zero-order valence-electron chi connectivity index (χ0n) is 16.1. The Labute approximate surface area is 164 Å². The predicted octanol–water partition coefficient (Wildman–Crippen LogP) is 3.98. The zero-order chi connectivity index (χ0) is 19.7. The van der Waals surface area contributed by atoms with E-state index in [1.807, 2.05) is 26.0 Å². The Balaban J connectivity index is 1.66. The van der Waals surface area contributed by atoms with Gasteiger partial charge in [0, 0.05) is 24.1 Å². The third kappa shape index (κ3) is 4.06. The van der Waals surface area contributed by atoms with Crippen LogP contribution in [0.4, 0.5) is 10.1 Å². The molecule has 0 radical (unpaired) electrons. The van der Waals surface area contributed by atoms with E-state index in [4.69, 9.17) is 9.47 Å². The summed E-state index contributed by atoms with van der Waals surface area (Å²) >= 11 is 0. The van der Waals surface area contributed by atoms with E-state index >= 15 is 0 Å². The fourth-order valence-electron chi connectivity index (χ4n) is 3.45. The highest BCUT2D eigenvalue weighted by Crippen LogP contribution is 2.39. The van der Waals surface area contributed by atoms with Crippen LogP contribution in [0.15, 0.2) is 36.4 Å². The monoisotopic (exact) mass is 384 g/mol. The summed E-state index contributed by atoms with van der Waals surface area (Å²) in [6, 6.07) is 9.44. The first-order valence-corrected chi connectivity index (χ1v) is 9.82. The van der Waals surface area contributed by atoms with Crippen molar-refractivity contribution in [3.8, 4) is 11.5 Å². The van der Waals surface area contributed by atoms with Gasteiger partial charge in [-0.2, -0.15) is 0 Å². The Hall–Kier alpha value is -2.76. The average Bonchev–Trinajstić information content (AvgIpc) is 3.40. The molecule has 1 heterocycles. The van der Waals surface area contributed by atoms with Crippen molar-refractivity contribution >= 4 is 11.6 Å². The second-order valence-corrected chi connectivity index (χ2v) is 7.43. The van der Waals surface area contributed by atoms with Crippen LogP contribution in [0.5, 0.6) is 11.5 Å². The van der Waals surface area contributed by atoms with Gasteiger partial charge in [0.2, 0.25) is 5.91 Å². The highest BCUT2D eigenvalue weighted by molar-refractivity contribution is 5.87. The van der Waals surface area contributed by atoms with Gasteiger partial charge in [-0.3, -0.25) is 4.79 Å². The fourth-order valence-corrected chi connectivity index (χ4v) is 3.45. The second kappa shape index (κ2) is 7.70. The number of carbonyl (C=O) groups excluding carboxylic acids is 1. The van der Waals surface area contributed by atoms with Crippen molar-refractivity contribution in [2.75, 3.05) is 11.9 Å². The predicted molar refractivity (Wildman–Crippen MR) is 105 cm³/mol. The fraction of sp³-hybridized carbons (Fsp3) is 0.409. The van der Waals surface area contributed by atoms with Crippen molar-refractivity contribution in [2.24, 2.45) is 0 Å². The van der Waals surface area contributed by atoms with E-state index in [-0.39, 0.29) is 23.9 Å². The number of ether oxygens (including phenoxy) is 2. The number of nitrogens with one attached hydrogen (secondary N) is 2. The summed E-state index contributed by atoms with van der Waals surface area (Å²) < 4.78 is 25.1. The standard InChI is InChI=1S/C22H25FN2O3/c1-3-27-20-11-15-10-13(2)28-19(15)12-18(20)25-21(22(26)24-17-8-9-17)14-4-6-16(23)7-5-14/h4-7,11-13,17,21,25H,3,8-10H2,1-2H3,(H,24,26). The van der Waals surface area contributed by atoms with Crippen LogP contribution < -0.4 is 20.1 Å². The normalized spacial score (nSPS) is 18.8. The Morgan fingerprint density at radius 3 is 2.71 bits per heavy atom. The Morgan fingerprint density at radius 1 is 1.29 bits per heavy atom. The van der Waals surface area contributed by atoms with E-state index in [0.29, 0.717) is 23.6 Å². The summed E-state index contributed by atoms with van der Waals surface area (Å²) in [6.45, 7) is 4.46. The maximum Gasteiger partial charge on any atom is 0.247 e. The van der Waals surface area contributed by atoms with Gasteiger partial charge in [0.05, 0.1) is 12.3 Å². The van der Waals surface area contributed by atoms with Crippen molar-refractivity contribution < 1.29 is 18.7 Å². The van der Waals surface area contributed by atoms with Gasteiger partial charge in [0.15, 0.2) is 0 Å². The lowest BCUT2D eigenvalue weighted by atomic mass is 10.0. The minimum absolute atomic E-state index is 0.116. The molecule has 0 bridgehead atoms. The third-order valence-electron chi connectivity index (χ3n) is 4.99. The summed E-state index contributed by atoms with van der Waals surface area (Å²) in [6.07, 6.45) is 2.94. The van der Waals surface area contributed by atoms with E-state index in [0.717, 1.165) is 30.6 Å². The van der Waals surface area contributed by atoms with Gasteiger partial charge in [0.1, 0.15) is 29.5 Å². The minimum Gasteiger partial charge on any atom is -0.492 e. The first-order chi connectivity index (χ1) is 13.5. The van der Waals surface area contributed by atoms with E-state index < -0.39 is 6.04 Å². The molecule has 2 atom stereocenters. The van der Waals surface area contributed by atoms with Crippen molar-refractivity contribution in [1.82, 2.24) is 5.32 Å². The van der Waals surface area contributed by atoms with Crippen LogP contribution in [0.3, 0.4) is 0 Å². The molecule has 1 fully saturated rings. The van der Waals surface area contributed by atoms with Crippen LogP contribution in [-0.2, 0) is 11.2 Å². The molecule has 0 spiro atoms. The molecule has 1 aliphatic heterocycles. The average molecular weight is 384 g/mol. The molecule has 2 aromatic rings. The molecule has 2 aromatic carbocycles. The number of benzene rings is 2. The number of carbonyl (C=O) groups is 1. The lowest BCUT2D eigenvalue weighted by Gasteiger charge is -2.22. The summed E-state index contributed by atoms with van der Waals surface area (Å²) in [4.78, 5) is 12.9. The number of amides is 1. The Bertz CT molecular complexity index is 865. The molecular formula is C22H25FN2O3. The molecule has 148 valence electrons. The molecule has 28 heavy (non-hydrogen) atoms. The van der Waals surface area contributed by atoms with Gasteiger partial charge in [0.25, 0.3) is 0 Å². The molecule has 4 rings (SSSR count). The summed E-state index contributed by atoms with van der Waals surface area (Å²) in [7, 11) is 0. The van der Waals surface area contributed by atoms with Crippen LogP contribution in [0.2, 0.25) is 0 Å². The zero-order valence-corrected chi connectivity index (χ0v) is 16.1. The number of anilines is 1. The van der Waals surface area contributed by atoms with E-state index in [2.05, 4.69) is 10.6 Å². The number of hydrogen-bond donors (Lipinski definition) is 2. The first-order valence-electron chi connectivity index (χ1n) is 9.82. The van der Waals surface area contributed by atoms with Crippen molar-refractivity contribution in [2.45, 2.75) is 51.3 Å². The molecule has 6 heteroatoms. The topological polar surface area (TPSA) is 59.6 Å². The van der Waals surface area contributed by atoms with E-state index in [9.17, 15) is 9.18 Å². The lowest BCUT2D eigenvalue weighted by molar-refractivity contribution is -0.122. The largest absolute Gasteiger partial charge is 0.492 e. The molecule has 1 saturated carbocycles. The molecule has 1 amide bonds. The molecule has 0 aromatic heterocycles. The van der Waals surface area contributed by atoms with Crippen LogP contribution in [0.25, 0.3) is 0 Å². The van der Waals surface area contributed by atoms with Crippen LogP contribution in [0, 0.1) is 5.82 Å². The quantitative estimate of drug-likeness (QED) is 0.758. The third-order valence-corrected chi connectivity index (χ3v) is 4.99. The summed E-state index contributed by atoms with van der Waals surface area (Å²) in [5, 5.41) is 6.34. The van der Waals surface area contributed by atoms with E-state index in [1.165, 1.54) is 12.1 Å². The highest BCUT2D eigenvalue weighted by Gasteiger charge is 2.30. The van der Waals surface area contributed by atoms with Crippen molar-refractivity contribution in [3.63, 3.8) is 0 Å². The SMILES string of the molecule is CCOc1cc2c(cc1NC(C(=O)NC1CC1)c1ccc(F)cc1)OC(C)C2. The first kappa shape index (κ1) is 18.6. The van der Waals surface area contributed by atoms with Crippen molar-refractivity contribution in [3.05, 3.63) is 53.3 Å². The summed E-state index contributed by atoms with van der Waals surface area (Å²) in [5.74, 6) is 1.02. The number of rotatable bonds is 7. The second-order valence-electron chi connectivity index (χ2n) is 7.43. The number of fused-ring (bicyclic) bond motifs is 1. The smallest absolute Gasteiger partial charge is 0.247 e. The van der Waals surface area contributed by atoms with Gasteiger partial charge >= 0.3 is 0 Å². The highest BCUT2D eigenvalue weighted by atomic mass is 19.1. The summed E-state index contributed by atoms with van der Waals surface area (Å²) in [5.41, 5.74) is 2.48.